The molecule has 5 nitrogen and oxygen atoms in total. The fourth-order valence-corrected chi connectivity index (χ4v) is 0.431. The first kappa shape index (κ1) is 13.0. The average Bonchev–Trinajstić information content (AvgIpc) is 1.81. The van der Waals surface area contributed by atoms with Crippen LogP contribution in [0, 0.1) is 0 Å². The van der Waals surface area contributed by atoms with Crippen LogP contribution in [-0.2, 0) is 9.59 Å². The fraction of sp³-hybridized carbons (Fsp3) is 0.600. The van der Waals surface area contributed by atoms with Crippen LogP contribution in [-0.4, -0.2) is 34.7 Å². The summed E-state index contributed by atoms with van der Waals surface area (Å²) < 4.78 is 0. The van der Waals surface area contributed by atoms with Gasteiger partial charge in [-0.25, -0.2) is 4.79 Å². The van der Waals surface area contributed by atoms with Crippen molar-refractivity contribution >= 4 is 21.8 Å². The van der Waals surface area contributed by atoms with Crippen LogP contribution in [0.25, 0.3) is 0 Å². The maximum Gasteiger partial charge on any atom is 0.328 e. The Morgan fingerprint density at radius 3 is 2.09 bits per heavy atom. The van der Waals surface area contributed by atoms with E-state index in [4.69, 9.17) is 10.2 Å². The van der Waals surface area contributed by atoms with E-state index >= 15 is 0 Å². The number of aliphatic carboxylic acids is 1. The van der Waals surface area contributed by atoms with Crippen molar-refractivity contribution in [3.05, 3.63) is 0 Å². The van der Waals surface area contributed by atoms with Gasteiger partial charge in [-0.3, -0.25) is 4.79 Å². The Labute approximate surface area is 67.4 Å². The Kier molecular flexibility index (Phi) is 7.15. The second-order valence-electron chi connectivity index (χ2n) is 1.77. The molecule has 0 saturated heterocycles. The SMILES string of the molecule is CC(=O)NC(CO)C(=O)O.P. The Balaban J connectivity index is 0. The average molecular weight is 181 g/mol. The van der Waals surface area contributed by atoms with Gasteiger partial charge in [-0.15, -0.1) is 0 Å². The van der Waals surface area contributed by atoms with Crippen LogP contribution >= 0.6 is 9.90 Å². The number of hydrogen-bond donors (Lipinski definition) is 3. The number of rotatable bonds is 3. The van der Waals surface area contributed by atoms with Crippen molar-refractivity contribution in [3.8, 4) is 0 Å². The second kappa shape index (κ2) is 6.07. The van der Waals surface area contributed by atoms with E-state index in [-0.39, 0.29) is 9.90 Å². The molecule has 0 aliphatic rings. The summed E-state index contributed by atoms with van der Waals surface area (Å²) in [5.41, 5.74) is 0. The van der Waals surface area contributed by atoms with Crippen molar-refractivity contribution in [1.82, 2.24) is 5.32 Å². The first-order valence-corrected chi connectivity index (χ1v) is 2.68. The third kappa shape index (κ3) is 5.76. The minimum Gasteiger partial charge on any atom is -0.480 e. The van der Waals surface area contributed by atoms with Gasteiger partial charge in [0.25, 0.3) is 0 Å². The zero-order valence-corrected chi connectivity index (χ0v) is 7.62. The molecule has 0 bridgehead atoms. The second-order valence-corrected chi connectivity index (χ2v) is 1.77. The van der Waals surface area contributed by atoms with Crippen LogP contribution < -0.4 is 5.32 Å². The van der Waals surface area contributed by atoms with Crippen molar-refractivity contribution in [2.24, 2.45) is 0 Å². The van der Waals surface area contributed by atoms with E-state index in [0.717, 1.165) is 0 Å². The lowest BCUT2D eigenvalue weighted by Gasteiger charge is -2.08. The van der Waals surface area contributed by atoms with Crippen LogP contribution in [0.1, 0.15) is 6.92 Å². The molecule has 0 fully saturated rings. The number of nitrogens with one attached hydrogen (secondary N) is 1. The predicted octanol–water partition coefficient (Wildman–Crippen LogP) is -1.37. The van der Waals surface area contributed by atoms with Crippen molar-refractivity contribution in [3.63, 3.8) is 0 Å². The molecule has 0 aromatic heterocycles. The molecule has 0 heterocycles. The summed E-state index contributed by atoms with van der Waals surface area (Å²) >= 11 is 0. The topological polar surface area (TPSA) is 86.6 Å². The van der Waals surface area contributed by atoms with Crippen LogP contribution in [0.4, 0.5) is 0 Å². The van der Waals surface area contributed by atoms with E-state index in [1.807, 2.05) is 5.32 Å². The molecule has 2 unspecified atom stereocenters. The Morgan fingerprint density at radius 1 is 1.55 bits per heavy atom. The monoisotopic (exact) mass is 181 g/mol. The molecule has 0 aromatic rings. The summed E-state index contributed by atoms with van der Waals surface area (Å²) in [6, 6.07) is -1.18. The van der Waals surface area contributed by atoms with Gasteiger partial charge in [0.2, 0.25) is 5.91 Å². The highest BCUT2D eigenvalue weighted by molar-refractivity contribution is 6.92. The van der Waals surface area contributed by atoms with Crippen molar-refractivity contribution < 1.29 is 19.8 Å². The Bertz CT molecular complexity index is 149. The Morgan fingerprint density at radius 2 is 2.00 bits per heavy atom. The molecule has 2 atom stereocenters. The van der Waals surface area contributed by atoms with Gasteiger partial charge >= 0.3 is 5.97 Å². The van der Waals surface area contributed by atoms with Crippen LogP contribution in [0.3, 0.4) is 0 Å². The molecule has 6 heteroatoms. The van der Waals surface area contributed by atoms with Gasteiger partial charge in [0.05, 0.1) is 6.61 Å². The van der Waals surface area contributed by atoms with Gasteiger partial charge < -0.3 is 15.5 Å². The number of carbonyl (C=O) groups excluding carboxylic acids is 1. The van der Waals surface area contributed by atoms with Crippen LogP contribution in [0.15, 0.2) is 0 Å². The number of amides is 1. The normalized spacial score (nSPS) is 11.1. The fourth-order valence-electron chi connectivity index (χ4n) is 0.431. The van der Waals surface area contributed by atoms with E-state index in [1.54, 1.807) is 0 Å². The van der Waals surface area contributed by atoms with E-state index in [1.165, 1.54) is 6.92 Å². The van der Waals surface area contributed by atoms with Gasteiger partial charge in [0.15, 0.2) is 0 Å². The number of aliphatic hydroxyl groups is 1. The molecule has 66 valence electrons. The maximum atomic E-state index is 10.2. The van der Waals surface area contributed by atoms with Crippen molar-refractivity contribution in [2.45, 2.75) is 13.0 Å². The summed E-state index contributed by atoms with van der Waals surface area (Å²) in [6.07, 6.45) is 0. The number of carbonyl (C=O) groups is 2. The number of carboxylic acids is 1. The molecular formula is C5H12NO4P. The van der Waals surface area contributed by atoms with Crippen molar-refractivity contribution in [1.29, 1.82) is 0 Å². The van der Waals surface area contributed by atoms with Gasteiger partial charge in [-0.05, 0) is 0 Å². The third-order valence-electron chi connectivity index (χ3n) is 0.858. The quantitative estimate of drug-likeness (QED) is 0.468. The lowest BCUT2D eigenvalue weighted by atomic mass is 10.3. The van der Waals surface area contributed by atoms with E-state index in [2.05, 4.69) is 0 Å². The zero-order chi connectivity index (χ0) is 8.15. The summed E-state index contributed by atoms with van der Waals surface area (Å²) in [6.45, 7) is 0.598. The molecule has 1 amide bonds. The molecule has 3 N–H and O–H groups in total. The molecule has 0 saturated carbocycles. The summed E-state index contributed by atoms with van der Waals surface area (Å²) in [7, 11) is 0. The molecule has 0 radical (unpaired) electrons. The largest absolute Gasteiger partial charge is 0.480 e. The highest BCUT2D eigenvalue weighted by Gasteiger charge is 2.15. The van der Waals surface area contributed by atoms with Crippen LogP contribution in [0.5, 0.6) is 0 Å². The van der Waals surface area contributed by atoms with Gasteiger partial charge in [0, 0.05) is 6.92 Å². The van der Waals surface area contributed by atoms with Gasteiger partial charge in [-0.2, -0.15) is 9.90 Å². The van der Waals surface area contributed by atoms with E-state index in [0.29, 0.717) is 0 Å². The highest BCUT2D eigenvalue weighted by atomic mass is 31.0. The molecule has 0 spiro atoms. The maximum absolute atomic E-state index is 10.2. The molecule has 0 rings (SSSR count). The lowest BCUT2D eigenvalue weighted by Crippen LogP contribution is -2.42. The molecule has 0 aliphatic carbocycles. The third-order valence-corrected chi connectivity index (χ3v) is 0.858. The number of carboxylic acid groups (broad SMARTS) is 1. The van der Waals surface area contributed by atoms with Crippen LogP contribution in [0.2, 0.25) is 0 Å². The van der Waals surface area contributed by atoms with E-state index in [9.17, 15) is 9.59 Å². The van der Waals surface area contributed by atoms with Gasteiger partial charge in [-0.1, -0.05) is 0 Å². The summed E-state index contributed by atoms with van der Waals surface area (Å²) in [5.74, 6) is -1.71. The number of aliphatic hydroxyl groups excluding tert-OH is 1. The predicted molar refractivity (Wildman–Crippen MR) is 43.4 cm³/mol. The molecular weight excluding hydrogens is 169 g/mol. The number of hydrogen-bond acceptors (Lipinski definition) is 3. The van der Waals surface area contributed by atoms with E-state index < -0.39 is 24.5 Å². The summed E-state index contributed by atoms with van der Waals surface area (Å²) in [4.78, 5) is 20.3. The minimum atomic E-state index is -1.24. The standard InChI is InChI=1S/C5H9NO4.H3P/c1-3(8)6-4(2-7)5(9)10;/h4,7H,2H2,1H3,(H,6,8)(H,9,10);1H3. The zero-order valence-electron chi connectivity index (χ0n) is 6.20. The highest BCUT2D eigenvalue weighted by Crippen LogP contribution is 1.80. The van der Waals surface area contributed by atoms with Gasteiger partial charge in [0.1, 0.15) is 6.04 Å². The first-order valence-electron chi connectivity index (χ1n) is 2.68. The van der Waals surface area contributed by atoms with Crippen molar-refractivity contribution in [2.75, 3.05) is 6.61 Å². The lowest BCUT2D eigenvalue weighted by molar-refractivity contribution is -0.142. The minimum absolute atomic E-state index is 0. The Hall–Kier alpha value is -0.670. The molecule has 11 heavy (non-hydrogen) atoms. The first-order chi connectivity index (χ1) is 4.57. The smallest absolute Gasteiger partial charge is 0.328 e. The summed E-state index contributed by atoms with van der Waals surface area (Å²) in [5, 5.41) is 18.6. The molecule has 0 aromatic carbocycles. The molecule has 0 aliphatic heterocycles.